The number of non-ortho nitro benzene ring substituents is 2. The highest BCUT2D eigenvalue weighted by atomic mass is 16.6. The predicted octanol–water partition coefficient (Wildman–Crippen LogP) is 5.85. The second kappa shape index (κ2) is 21.5. The SMILES string of the molecule is CCOC(=O)C(C)(C)c1ccc(N)cc1.CCOC(=O)C(C)(C)c1ccc([N+](=O)[O-])cc1.CCOC(=O)Cc1ccc([N+](=O)[O-])cc1.CO. The van der Waals surface area contributed by atoms with Crippen molar-refractivity contribution in [1.82, 2.24) is 0 Å². The molecular weight excluding hydrogens is 638 g/mol. The first kappa shape index (κ1) is 43.6. The Morgan fingerprint density at radius 1 is 0.633 bits per heavy atom. The molecule has 268 valence electrons. The Labute approximate surface area is 286 Å². The minimum atomic E-state index is -0.800. The van der Waals surface area contributed by atoms with Crippen molar-refractivity contribution in [3.8, 4) is 0 Å². The third-order valence-corrected chi connectivity index (χ3v) is 6.80. The van der Waals surface area contributed by atoms with Gasteiger partial charge in [0, 0.05) is 37.1 Å². The topological polar surface area (TPSA) is 211 Å². The first-order valence-electron chi connectivity index (χ1n) is 15.3. The van der Waals surface area contributed by atoms with Crippen molar-refractivity contribution in [2.75, 3.05) is 32.7 Å². The third-order valence-electron chi connectivity index (χ3n) is 6.80. The van der Waals surface area contributed by atoms with Gasteiger partial charge in [0.05, 0.1) is 46.9 Å². The van der Waals surface area contributed by atoms with Crippen LogP contribution in [0.3, 0.4) is 0 Å². The van der Waals surface area contributed by atoms with E-state index in [-0.39, 0.29) is 35.7 Å². The number of nitrogens with zero attached hydrogens (tertiary/aromatic N) is 2. The molecule has 0 saturated heterocycles. The molecule has 49 heavy (non-hydrogen) atoms. The van der Waals surface area contributed by atoms with Crippen LogP contribution in [-0.2, 0) is 45.8 Å². The molecule has 0 aliphatic rings. The van der Waals surface area contributed by atoms with Crippen LogP contribution < -0.4 is 5.73 Å². The van der Waals surface area contributed by atoms with Crippen LogP contribution in [0.5, 0.6) is 0 Å². The van der Waals surface area contributed by atoms with Gasteiger partial charge in [0.25, 0.3) is 11.4 Å². The zero-order valence-corrected chi connectivity index (χ0v) is 29.3. The van der Waals surface area contributed by atoms with Crippen molar-refractivity contribution < 1.29 is 43.5 Å². The van der Waals surface area contributed by atoms with Crippen LogP contribution in [0, 0.1) is 20.2 Å². The predicted molar refractivity (Wildman–Crippen MR) is 185 cm³/mol. The minimum Gasteiger partial charge on any atom is -0.466 e. The fourth-order valence-electron chi connectivity index (χ4n) is 3.87. The summed E-state index contributed by atoms with van der Waals surface area (Å²) in [6.45, 7) is 13.5. The van der Waals surface area contributed by atoms with Crippen molar-refractivity contribution >= 4 is 35.0 Å². The molecule has 14 nitrogen and oxygen atoms in total. The molecule has 0 unspecified atom stereocenters. The lowest BCUT2D eigenvalue weighted by atomic mass is 9.85. The van der Waals surface area contributed by atoms with Gasteiger partial charge in [-0.1, -0.05) is 36.4 Å². The van der Waals surface area contributed by atoms with Gasteiger partial charge in [-0.2, -0.15) is 0 Å². The summed E-state index contributed by atoms with van der Waals surface area (Å²) in [7, 11) is 1.00. The number of ether oxygens (including phenoxy) is 3. The average molecular weight is 686 g/mol. The molecule has 14 heteroatoms. The smallest absolute Gasteiger partial charge is 0.315 e. The molecule has 0 aromatic heterocycles. The Kier molecular flexibility index (Phi) is 19.1. The molecule has 3 rings (SSSR count). The number of nitro groups is 2. The summed E-state index contributed by atoms with van der Waals surface area (Å²) in [6.07, 6.45) is 0.145. The number of nitrogens with two attached hydrogens (primary N) is 1. The first-order chi connectivity index (χ1) is 23.0. The quantitative estimate of drug-likeness (QED) is 0.0799. The lowest BCUT2D eigenvalue weighted by Gasteiger charge is -2.22. The van der Waals surface area contributed by atoms with Gasteiger partial charge in [0.15, 0.2) is 0 Å². The van der Waals surface area contributed by atoms with Gasteiger partial charge in [0.1, 0.15) is 0 Å². The number of carbonyl (C=O) groups is 3. The van der Waals surface area contributed by atoms with E-state index in [1.807, 2.05) is 26.0 Å². The van der Waals surface area contributed by atoms with E-state index in [4.69, 9.17) is 25.1 Å². The summed E-state index contributed by atoms with van der Waals surface area (Å²) in [5.74, 6) is -0.880. The number of anilines is 1. The van der Waals surface area contributed by atoms with Crippen molar-refractivity contribution in [2.24, 2.45) is 0 Å². The van der Waals surface area contributed by atoms with E-state index in [0.29, 0.717) is 36.6 Å². The average Bonchev–Trinajstić information content (AvgIpc) is 3.07. The monoisotopic (exact) mass is 685 g/mol. The highest BCUT2D eigenvalue weighted by molar-refractivity contribution is 5.83. The number of nitro benzene ring substituents is 2. The molecule has 0 radical (unpaired) electrons. The lowest BCUT2D eigenvalue weighted by molar-refractivity contribution is -0.385. The number of hydrogen-bond acceptors (Lipinski definition) is 12. The van der Waals surface area contributed by atoms with Gasteiger partial charge in [-0.05, 0) is 77.3 Å². The van der Waals surface area contributed by atoms with Crippen molar-refractivity contribution in [3.63, 3.8) is 0 Å². The van der Waals surface area contributed by atoms with Crippen LogP contribution in [0.15, 0.2) is 72.8 Å². The lowest BCUT2D eigenvalue weighted by Crippen LogP contribution is -2.31. The summed E-state index contributed by atoms with van der Waals surface area (Å²) < 4.78 is 14.7. The van der Waals surface area contributed by atoms with Crippen molar-refractivity contribution in [1.29, 1.82) is 0 Å². The van der Waals surface area contributed by atoms with E-state index in [9.17, 15) is 34.6 Å². The maximum absolute atomic E-state index is 11.7. The number of nitrogen functional groups attached to an aromatic ring is 1. The van der Waals surface area contributed by atoms with Gasteiger partial charge >= 0.3 is 17.9 Å². The molecule has 0 aliphatic carbocycles. The highest BCUT2D eigenvalue weighted by Gasteiger charge is 2.32. The summed E-state index contributed by atoms with van der Waals surface area (Å²) in [5, 5.41) is 27.9. The molecule has 0 saturated carbocycles. The van der Waals surface area contributed by atoms with Crippen molar-refractivity contribution in [2.45, 2.75) is 65.7 Å². The molecule has 3 aromatic rings. The molecule has 0 spiro atoms. The zero-order chi connectivity index (χ0) is 37.8. The summed E-state index contributed by atoms with van der Waals surface area (Å²) in [4.78, 5) is 54.4. The fraction of sp³-hybridized carbons (Fsp3) is 0.400. The molecule has 0 fully saturated rings. The number of esters is 3. The normalized spacial score (nSPS) is 10.3. The Hall–Kier alpha value is -5.37. The highest BCUT2D eigenvalue weighted by Crippen LogP contribution is 2.27. The molecule has 3 aromatic carbocycles. The van der Waals surface area contributed by atoms with Gasteiger partial charge < -0.3 is 25.1 Å². The number of rotatable bonds is 11. The fourth-order valence-corrected chi connectivity index (χ4v) is 3.87. The molecule has 3 N–H and O–H groups in total. The molecule has 0 heterocycles. The Morgan fingerprint density at radius 3 is 1.29 bits per heavy atom. The van der Waals surface area contributed by atoms with Crippen LogP contribution in [0.2, 0.25) is 0 Å². The largest absolute Gasteiger partial charge is 0.466 e. The van der Waals surface area contributed by atoms with Gasteiger partial charge in [-0.15, -0.1) is 0 Å². The van der Waals surface area contributed by atoms with Crippen molar-refractivity contribution in [3.05, 3.63) is 110 Å². The molecule has 0 aliphatic heterocycles. The van der Waals surface area contributed by atoms with Crippen LogP contribution in [-0.4, -0.2) is 59.8 Å². The second-order valence-corrected chi connectivity index (χ2v) is 11.0. The molecule has 0 amide bonds. The van der Waals surface area contributed by atoms with E-state index in [0.717, 1.165) is 12.7 Å². The van der Waals surface area contributed by atoms with Crippen LogP contribution in [0.25, 0.3) is 0 Å². The number of aliphatic hydroxyl groups is 1. The molecule has 0 bridgehead atoms. The maximum atomic E-state index is 11.7. The number of aliphatic hydroxyl groups excluding tert-OH is 1. The summed E-state index contributed by atoms with van der Waals surface area (Å²) >= 11 is 0. The van der Waals surface area contributed by atoms with Crippen LogP contribution >= 0.6 is 0 Å². The summed E-state index contributed by atoms with van der Waals surface area (Å²) in [5.41, 5.74) is 7.20. The van der Waals surface area contributed by atoms with Crippen LogP contribution in [0.1, 0.15) is 65.2 Å². The number of carbonyl (C=O) groups excluding carboxylic acids is 3. The van der Waals surface area contributed by atoms with E-state index < -0.39 is 20.7 Å². The van der Waals surface area contributed by atoms with Gasteiger partial charge in [0.2, 0.25) is 0 Å². The first-order valence-corrected chi connectivity index (χ1v) is 15.3. The zero-order valence-electron chi connectivity index (χ0n) is 29.3. The molecule has 0 atom stereocenters. The second-order valence-electron chi connectivity index (χ2n) is 11.0. The van der Waals surface area contributed by atoms with E-state index in [1.165, 1.54) is 24.3 Å². The standard InChI is InChI=1S/C12H15NO4.C12H17NO2.C10H11NO4.CH4O/c1-4-17-11(14)12(2,3)9-5-7-10(8-6-9)13(15)16;1-4-15-11(14)12(2,3)9-5-7-10(13)8-6-9;1-2-15-10(12)7-8-3-5-9(6-4-8)11(13)14;1-2/h5-8H,4H2,1-3H3;5-8H,4,13H2,1-3H3;3-6H,2,7H2,1H3;2H,1H3. The third kappa shape index (κ3) is 14.5. The maximum Gasteiger partial charge on any atom is 0.315 e. The van der Waals surface area contributed by atoms with Gasteiger partial charge in [-0.3, -0.25) is 34.6 Å². The van der Waals surface area contributed by atoms with Gasteiger partial charge in [-0.25, -0.2) is 0 Å². The van der Waals surface area contributed by atoms with Crippen LogP contribution in [0.4, 0.5) is 17.1 Å². The summed E-state index contributed by atoms with van der Waals surface area (Å²) in [6, 6.07) is 19.1. The number of hydrogen-bond donors (Lipinski definition) is 2. The Bertz CT molecular complexity index is 1490. The van der Waals surface area contributed by atoms with E-state index in [1.54, 1.807) is 71.0 Å². The number of benzene rings is 3. The Morgan fingerprint density at radius 2 is 0.959 bits per heavy atom. The minimum absolute atomic E-state index is 0.00779. The Balaban J connectivity index is 0.000000689. The molecular formula is C35H47N3O11. The van der Waals surface area contributed by atoms with E-state index in [2.05, 4.69) is 0 Å². The van der Waals surface area contributed by atoms with E-state index >= 15 is 0 Å².